The summed E-state index contributed by atoms with van der Waals surface area (Å²) in [6.45, 7) is 1.34. The third kappa shape index (κ3) is 3.35. The van der Waals surface area contributed by atoms with E-state index in [1.165, 1.54) is 6.92 Å². The van der Waals surface area contributed by atoms with Crippen LogP contribution in [0, 0.1) is 0 Å². The van der Waals surface area contributed by atoms with Crippen LogP contribution in [0.4, 0.5) is 0 Å². The van der Waals surface area contributed by atoms with Crippen LogP contribution in [0.2, 0.25) is 0 Å². The van der Waals surface area contributed by atoms with E-state index in [-0.39, 0.29) is 6.61 Å². The summed E-state index contributed by atoms with van der Waals surface area (Å²) in [5.74, 6) is -0.608. The molecular weight excluding hydrogens is 318 g/mol. The Bertz CT molecular complexity index is 635. The number of azide groups is 1. The van der Waals surface area contributed by atoms with E-state index in [0.29, 0.717) is 0 Å². The maximum Gasteiger partial charge on any atom is 0.304 e. The van der Waals surface area contributed by atoms with E-state index in [9.17, 15) is 9.90 Å². The normalized spacial score (nSPS) is 35.4. The van der Waals surface area contributed by atoms with E-state index >= 15 is 0 Å². The number of fused-ring (bicyclic) bond motifs is 1. The molecule has 2 aliphatic rings. The van der Waals surface area contributed by atoms with Crippen LogP contribution in [-0.4, -0.2) is 48.3 Å². The zero-order valence-corrected chi connectivity index (χ0v) is 12.9. The van der Waals surface area contributed by atoms with E-state index in [4.69, 9.17) is 24.5 Å². The van der Waals surface area contributed by atoms with Crippen molar-refractivity contribution in [1.82, 2.24) is 0 Å². The second-order valence-corrected chi connectivity index (χ2v) is 5.52. The number of rotatable bonds is 3. The van der Waals surface area contributed by atoms with Crippen molar-refractivity contribution in [3.05, 3.63) is 46.3 Å². The highest BCUT2D eigenvalue weighted by Crippen LogP contribution is 2.35. The Morgan fingerprint density at radius 3 is 2.79 bits per heavy atom. The molecule has 128 valence electrons. The molecule has 1 N–H and O–H groups in total. The van der Waals surface area contributed by atoms with E-state index in [2.05, 4.69) is 10.0 Å². The van der Waals surface area contributed by atoms with Crippen LogP contribution in [0.15, 0.2) is 35.4 Å². The minimum Gasteiger partial charge on any atom is -0.435 e. The van der Waals surface area contributed by atoms with Crippen molar-refractivity contribution in [2.75, 3.05) is 6.61 Å². The number of ether oxygens (including phenoxy) is 4. The Kier molecular flexibility index (Phi) is 4.98. The van der Waals surface area contributed by atoms with Gasteiger partial charge in [0.15, 0.2) is 6.29 Å². The van der Waals surface area contributed by atoms with Gasteiger partial charge in [-0.3, -0.25) is 4.79 Å². The SMILES string of the molecule is CC(=O)OC1O[C@@H]2CO[C@@H](c3ccccc3)O[C@H]2[C@H](O)[C@H]1N=[N+]=[N-]. The van der Waals surface area contributed by atoms with E-state index in [0.717, 1.165) is 5.56 Å². The van der Waals surface area contributed by atoms with Crippen LogP contribution >= 0.6 is 0 Å². The Morgan fingerprint density at radius 2 is 2.12 bits per heavy atom. The van der Waals surface area contributed by atoms with Gasteiger partial charge in [-0.15, -0.1) is 0 Å². The number of benzene rings is 1. The van der Waals surface area contributed by atoms with Crippen LogP contribution in [0.3, 0.4) is 0 Å². The van der Waals surface area contributed by atoms with Gasteiger partial charge in [0.2, 0.25) is 6.29 Å². The third-order valence-corrected chi connectivity index (χ3v) is 3.87. The number of aliphatic hydroxyl groups excluding tert-OH is 1. The quantitative estimate of drug-likeness (QED) is 0.386. The molecule has 0 saturated carbocycles. The second-order valence-electron chi connectivity index (χ2n) is 5.52. The average molecular weight is 335 g/mol. The highest BCUT2D eigenvalue weighted by molar-refractivity contribution is 5.66. The maximum atomic E-state index is 11.2. The zero-order valence-electron chi connectivity index (χ0n) is 12.9. The molecule has 2 saturated heterocycles. The summed E-state index contributed by atoms with van der Waals surface area (Å²) in [5, 5.41) is 14.0. The van der Waals surface area contributed by atoms with Gasteiger partial charge < -0.3 is 24.1 Å². The predicted octanol–water partition coefficient (Wildman–Crippen LogP) is 1.43. The summed E-state index contributed by atoms with van der Waals surface area (Å²) in [7, 11) is 0. The number of carbonyl (C=O) groups excluding carboxylic acids is 1. The Balaban J connectivity index is 1.78. The molecule has 6 atom stereocenters. The lowest BCUT2D eigenvalue weighted by Crippen LogP contribution is -2.61. The lowest BCUT2D eigenvalue weighted by molar-refractivity contribution is -0.336. The first-order valence-electron chi connectivity index (χ1n) is 7.47. The van der Waals surface area contributed by atoms with Crippen LogP contribution in [0.5, 0.6) is 0 Å². The molecule has 9 nitrogen and oxygen atoms in total. The lowest BCUT2D eigenvalue weighted by Gasteiger charge is -2.46. The summed E-state index contributed by atoms with van der Waals surface area (Å²) in [6, 6.07) is 8.15. The van der Waals surface area contributed by atoms with Gasteiger partial charge in [-0.1, -0.05) is 35.4 Å². The Morgan fingerprint density at radius 1 is 1.38 bits per heavy atom. The number of carbonyl (C=O) groups is 1. The first-order valence-corrected chi connectivity index (χ1v) is 7.47. The molecule has 3 rings (SSSR count). The predicted molar refractivity (Wildman–Crippen MR) is 79.4 cm³/mol. The summed E-state index contributed by atoms with van der Waals surface area (Å²) < 4.78 is 22.0. The molecule has 0 amide bonds. The molecule has 2 fully saturated rings. The second kappa shape index (κ2) is 7.16. The molecule has 1 aromatic carbocycles. The van der Waals surface area contributed by atoms with Crippen molar-refractivity contribution in [2.45, 2.75) is 43.9 Å². The average Bonchev–Trinajstić information content (AvgIpc) is 2.58. The van der Waals surface area contributed by atoms with Crippen LogP contribution in [0.25, 0.3) is 10.4 Å². The van der Waals surface area contributed by atoms with Gasteiger partial charge >= 0.3 is 5.97 Å². The summed E-state index contributed by atoms with van der Waals surface area (Å²) in [4.78, 5) is 13.9. The molecule has 0 bridgehead atoms. The monoisotopic (exact) mass is 335 g/mol. The largest absolute Gasteiger partial charge is 0.435 e. The number of esters is 1. The summed E-state index contributed by atoms with van der Waals surface area (Å²) in [6.07, 6.45) is -4.46. The summed E-state index contributed by atoms with van der Waals surface area (Å²) >= 11 is 0. The van der Waals surface area contributed by atoms with Gasteiger partial charge in [0.25, 0.3) is 0 Å². The molecule has 2 heterocycles. The molecule has 2 aliphatic heterocycles. The number of nitrogens with zero attached hydrogens (tertiary/aromatic N) is 3. The zero-order chi connectivity index (χ0) is 17.1. The molecule has 1 unspecified atom stereocenters. The van der Waals surface area contributed by atoms with Crippen LogP contribution < -0.4 is 0 Å². The summed E-state index contributed by atoms with van der Waals surface area (Å²) in [5.41, 5.74) is 9.50. The van der Waals surface area contributed by atoms with E-state index in [1.54, 1.807) is 0 Å². The van der Waals surface area contributed by atoms with Crippen molar-refractivity contribution in [3.63, 3.8) is 0 Å². The van der Waals surface area contributed by atoms with Crippen molar-refractivity contribution in [2.24, 2.45) is 5.11 Å². The first-order chi connectivity index (χ1) is 11.6. The molecule has 24 heavy (non-hydrogen) atoms. The fourth-order valence-corrected chi connectivity index (χ4v) is 2.80. The van der Waals surface area contributed by atoms with Crippen molar-refractivity contribution in [1.29, 1.82) is 0 Å². The third-order valence-electron chi connectivity index (χ3n) is 3.87. The fourth-order valence-electron chi connectivity index (χ4n) is 2.80. The van der Waals surface area contributed by atoms with E-state index in [1.807, 2.05) is 30.3 Å². The number of aliphatic hydroxyl groups is 1. The highest BCUT2D eigenvalue weighted by atomic mass is 16.8. The molecular formula is C15H17N3O6. The molecule has 9 heteroatoms. The van der Waals surface area contributed by atoms with E-state index < -0.39 is 42.9 Å². The number of hydrogen-bond acceptors (Lipinski definition) is 7. The van der Waals surface area contributed by atoms with Gasteiger partial charge in [0, 0.05) is 17.4 Å². The highest BCUT2D eigenvalue weighted by Gasteiger charge is 2.50. The van der Waals surface area contributed by atoms with Gasteiger partial charge in [0.05, 0.1) is 12.7 Å². The molecule has 1 aromatic rings. The minimum absolute atomic E-state index is 0.141. The van der Waals surface area contributed by atoms with Crippen molar-refractivity contribution >= 4 is 5.97 Å². The maximum absolute atomic E-state index is 11.2. The fraction of sp³-hybridized carbons (Fsp3) is 0.533. The van der Waals surface area contributed by atoms with Gasteiger partial charge in [-0.25, -0.2) is 0 Å². The molecule has 0 aliphatic carbocycles. The first kappa shape index (κ1) is 16.7. The molecule has 0 radical (unpaired) electrons. The van der Waals surface area contributed by atoms with Gasteiger partial charge in [-0.2, -0.15) is 0 Å². The smallest absolute Gasteiger partial charge is 0.304 e. The standard InChI is InChI=1S/C15H17N3O6/c1-8(19)22-15-11(17-18-16)12(20)13-10(23-15)7-21-14(24-13)9-5-3-2-4-6-9/h2-6,10-15,20H,7H2,1H3/t10-,11-,12-,13-,14-,15?/m1/s1. The molecule has 0 aromatic heterocycles. The van der Waals surface area contributed by atoms with Crippen molar-refractivity contribution < 1.29 is 28.8 Å². The van der Waals surface area contributed by atoms with Crippen LogP contribution in [-0.2, 0) is 23.7 Å². The van der Waals surface area contributed by atoms with Crippen LogP contribution in [0.1, 0.15) is 18.8 Å². The molecule has 0 spiro atoms. The minimum atomic E-state index is -1.20. The number of hydrogen-bond donors (Lipinski definition) is 1. The topological polar surface area (TPSA) is 123 Å². The Labute approximate surface area is 137 Å². The lowest BCUT2D eigenvalue weighted by atomic mass is 9.96. The Hall–Kier alpha value is -2.16. The van der Waals surface area contributed by atoms with Crippen molar-refractivity contribution in [3.8, 4) is 0 Å². The van der Waals surface area contributed by atoms with Gasteiger partial charge in [-0.05, 0) is 5.53 Å². The van der Waals surface area contributed by atoms with Gasteiger partial charge in [0.1, 0.15) is 18.2 Å².